The van der Waals surface area contributed by atoms with Crippen LogP contribution in [-0.4, -0.2) is 44.7 Å². The number of para-hydroxylation sites is 1. The number of hydrogen-bond donors (Lipinski definition) is 0. The van der Waals surface area contributed by atoms with Crippen molar-refractivity contribution in [1.29, 1.82) is 0 Å². The summed E-state index contributed by atoms with van der Waals surface area (Å²) in [6, 6.07) is 14.8. The van der Waals surface area contributed by atoms with Gasteiger partial charge in [-0.15, -0.1) is 0 Å². The first-order chi connectivity index (χ1) is 11.8. The monoisotopic (exact) mass is 326 g/mol. The number of nitrogens with zero attached hydrogens (tertiary/aromatic N) is 2. The second-order valence-electron chi connectivity index (χ2n) is 5.91. The summed E-state index contributed by atoms with van der Waals surface area (Å²) in [4.78, 5) is 4.73. The molecular weight excluding hydrogens is 303 g/mol. The van der Waals surface area contributed by atoms with Crippen LogP contribution in [0.4, 0.5) is 10.1 Å². The van der Waals surface area contributed by atoms with Crippen molar-refractivity contribution in [3.63, 3.8) is 0 Å². The second-order valence-corrected chi connectivity index (χ2v) is 5.91. The summed E-state index contributed by atoms with van der Waals surface area (Å²) in [7, 11) is 1.70. The van der Waals surface area contributed by atoms with E-state index in [2.05, 4.69) is 28.0 Å². The summed E-state index contributed by atoms with van der Waals surface area (Å²) >= 11 is 0. The van der Waals surface area contributed by atoms with E-state index in [-0.39, 0.29) is 5.82 Å². The lowest BCUT2D eigenvalue weighted by Gasteiger charge is -2.35. The third-order valence-electron chi connectivity index (χ3n) is 4.36. The second kappa shape index (κ2) is 7.97. The molecule has 4 heteroatoms. The minimum atomic E-state index is -0.182. The molecule has 0 atom stereocenters. The number of methoxy groups -OCH3 is 1. The Morgan fingerprint density at radius 1 is 1.00 bits per heavy atom. The fraction of sp³-hybridized carbons (Fsp3) is 0.300. The topological polar surface area (TPSA) is 15.7 Å². The normalized spacial score (nSPS) is 15.8. The van der Waals surface area contributed by atoms with Gasteiger partial charge in [0.05, 0.1) is 7.11 Å². The lowest BCUT2D eigenvalue weighted by atomic mass is 10.2. The number of hydrogen-bond acceptors (Lipinski definition) is 3. The van der Waals surface area contributed by atoms with E-state index in [1.165, 1.54) is 12.1 Å². The molecule has 2 aromatic rings. The number of halogens is 1. The highest BCUT2D eigenvalue weighted by Crippen LogP contribution is 2.19. The number of piperazine rings is 1. The van der Waals surface area contributed by atoms with Crippen LogP contribution in [0, 0.1) is 5.82 Å². The molecule has 0 aromatic heterocycles. The Balaban J connectivity index is 1.50. The molecule has 0 amide bonds. The lowest BCUT2D eigenvalue weighted by molar-refractivity contribution is 0.284. The van der Waals surface area contributed by atoms with E-state index in [4.69, 9.17) is 4.74 Å². The van der Waals surface area contributed by atoms with Crippen molar-refractivity contribution in [2.45, 2.75) is 0 Å². The molecular formula is C20H23FN2O. The van der Waals surface area contributed by atoms with E-state index in [0.717, 1.165) is 49.7 Å². The largest absolute Gasteiger partial charge is 0.496 e. The average Bonchev–Trinajstić information content (AvgIpc) is 2.63. The molecule has 3 nitrogen and oxygen atoms in total. The van der Waals surface area contributed by atoms with Gasteiger partial charge in [0.1, 0.15) is 11.6 Å². The maximum Gasteiger partial charge on any atom is 0.126 e. The molecule has 3 rings (SSSR count). The van der Waals surface area contributed by atoms with Gasteiger partial charge < -0.3 is 9.64 Å². The fourth-order valence-electron chi connectivity index (χ4n) is 2.97. The minimum Gasteiger partial charge on any atom is -0.496 e. The molecule has 1 fully saturated rings. The Bertz CT molecular complexity index is 676. The maximum absolute atomic E-state index is 13.0. The Kier molecular flexibility index (Phi) is 5.49. The minimum absolute atomic E-state index is 0.182. The Hall–Kier alpha value is -2.33. The van der Waals surface area contributed by atoms with E-state index in [9.17, 15) is 4.39 Å². The van der Waals surface area contributed by atoms with Crippen molar-refractivity contribution in [2.75, 3.05) is 44.7 Å². The van der Waals surface area contributed by atoms with Crippen LogP contribution in [0.1, 0.15) is 5.56 Å². The molecule has 1 saturated heterocycles. The molecule has 24 heavy (non-hydrogen) atoms. The van der Waals surface area contributed by atoms with E-state index in [1.54, 1.807) is 7.11 Å². The quantitative estimate of drug-likeness (QED) is 0.834. The van der Waals surface area contributed by atoms with E-state index in [1.807, 2.05) is 30.3 Å². The summed E-state index contributed by atoms with van der Waals surface area (Å²) < 4.78 is 18.4. The summed E-state index contributed by atoms with van der Waals surface area (Å²) in [5.41, 5.74) is 2.20. The van der Waals surface area contributed by atoms with Gasteiger partial charge in [-0.2, -0.15) is 0 Å². The maximum atomic E-state index is 13.0. The number of anilines is 1. The van der Waals surface area contributed by atoms with Gasteiger partial charge in [0.25, 0.3) is 0 Å². The smallest absolute Gasteiger partial charge is 0.126 e. The third kappa shape index (κ3) is 4.15. The summed E-state index contributed by atoms with van der Waals surface area (Å²) in [6.45, 7) is 4.87. The molecule has 0 radical (unpaired) electrons. The van der Waals surface area contributed by atoms with Crippen molar-refractivity contribution in [3.8, 4) is 5.75 Å². The van der Waals surface area contributed by atoms with E-state index < -0.39 is 0 Å². The molecule has 0 unspecified atom stereocenters. The van der Waals surface area contributed by atoms with Gasteiger partial charge in [-0.3, -0.25) is 4.90 Å². The van der Waals surface area contributed by atoms with E-state index >= 15 is 0 Å². The molecule has 0 saturated carbocycles. The molecule has 2 aromatic carbocycles. The highest BCUT2D eigenvalue weighted by atomic mass is 19.1. The van der Waals surface area contributed by atoms with Crippen LogP contribution >= 0.6 is 0 Å². The first kappa shape index (κ1) is 16.5. The van der Waals surface area contributed by atoms with Gasteiger partial charge >= 0.3 is 0 Å². The third-order valence-corrected chi connectivity index (χ3v) is 4.36. The van der Waals surface area contributed by atoms with E-state index in [0.29, 0.717) is 0 Å². The number of rotatable bonds is 5. The van der Waals surface area contributed by atoms with Crippen LogP contribution in [0.5, 0.6) is 5.75 Å². The van der Waals surface area contributed by atoms with Crippen molar-refractivity contribution < 1.29 is 9.13 Å². The summed E-state index contributed by atoms with van der Waals surface area (Å²) in [5, 5.41) is 0. The average molecular weight is 326 g/mol. The van der Waals surface area contributed by atoms with Crippen molar-refractivity contribution in [3.05, 3.63) is 66.0 Å². The fourth-order valence-corrected chi connectivity index (χ4v) is 2.97. The van der Waals surface area contributed by atoms with Crippen LogP contribution < -0.4 is 9.64 Å². The highest BCUT2D eigenvalue weighted by Gasteiger charge is 2.16. The van der Waals surface area contributed by atoms with Crippen LogP contribution in [0.25, 0.3) is 6.08 Å². The van der Waals surface area contributed by atoms with Crippen molar-refractivity contribution in [1.82, 2.24) is 4.90 Å². The van der Waals surface area contributed by atoms with Gasteiger partial charge in [-0.05, 0) is 30.3 Å². The van der Waals surface area contributed by atoms with Crippen LogP contribution in [0.2, 0.25) is 0 Å². The molecule has 0 bridgehead atoms. The Labute approximate surface area is 143 Å². The van der Waals surface area contributed by atoms with Gasteiger partial charge in [-0.25, -0.2) is 4.39 Å². The highest BCUT2D eigenvalue weighted by molar-refractivity contribution is 5.57. The Morgan fingerprint density at radius 2 is 1.71 bits per heavy atom. The summed E-state index contributed by atoms with van der Waals surface area (Å²) in [5.74, 6) is 0.716. The van der Waals surface area contributed by atoms with Gasteiger partial charge in [0, 0.05) is 44.0 Å². The zero-order valence-corrected chi connectivity index (χ0v) is 14.0. The number of benzene rings is 2. The van der Waals surface area contributed by atoms with Crippen LogP contribution in [-0.2, 0) is 0 Å². The standard InChI is InChI=1S/C20H23FN2O/c1-24-20-7-3-2-5-17(20)6-4-12-22-13-15-23(16-14-22)19-10-8-18(21)9-11-19/h2-11H,12-16H2,1H3. The molecule has 1 heterocycles. The zero-order valence-electron chi connectivity index (χ0n) is 14.0. The van der Waals surface area contributed by atoms with Crippen molar-refractivity contribution >= 4 is 11.8 Å². The first-order valence-corrected chi connectivity index (χ1v) is 8.29. The molecule has 1 aliphatic rings. The zero-order chi connectivity index (χ0) is 16.8. The van der Waals surface area contributed by atoms with Gasteiger partial charge in [0.15, 0.2) is 0 Å². The molecule has 0 N–H and O–H groups in total. The number of ether oxygens (including phenoxy) is 1. The molecule has 126 valence electrons. The van der Waals surface area contributed by atoms with Crippen LogP contribution in [0.3, 0.4) is 0 Å². The molecule has 0 spiro atoms. The Morgan fingerprint density at radius 3 is 2.42 bits per heavy atom. The van der Waals surface area contributed by atoms with Crippen LogP contribution in [0.15, 0.2) is 54.6 Å². The SMILES string of the molecule is COc1ccccc1C=CCN1CCN(c2ccc(F)cc2)CC1. The predicted octanol–water partition coefficient (Wildman–Crippen LogP) is 3.67. The van der Waals surface area contributed by atoms with Gasteiger partial charge in [0.2, 0.25) is 0 Å². The van der Waals surface area contributed by atoms with Crippen molar-refractivity contribution in [2.24, 2.45) is 0 Å². The lowest BCUT2D eigenvalue weighted by Crippen LogP contribution is -2.46. The first-order valence-electron chi connectivity index (χ1n) is 8.29. The molecule has 0 aliphatic carbocycles. The predicted molar refractivity (Wildman–Crippen MR) is 97.1 cm³/mol. The van der Waals surface area contributed by atoms with Gasteiger partial charge in [-0.1, -0.05) is 30.4 Å². The summed E-state index contributed by atoms with van der Waals surface area (Å²) in [6.07, 6.45) is 4.30. The molecule has 1 aliphatic heterocycles.